The Bertz CT molecular complexity index is 429. The zero-order chi connectivity index (χ0) is 13.7. The first-order chi connectivity index (χ1) is 8.40. The van der Waals surface area contributed by atoms with Gasteiger partial charge in [-0.15, -0.1) is 5.10 Å². The minimum atomic E-state index is -1.03. The van der Waals surface area contributed by atoms with E-state index in [1.165, 1.54) is 11.1 Å². The van der Waals surface area contributed by atoms with Gasteiger partial charge in [-0.2, -0.15) is 0 Å². The summed E-state index contributed by atoms with van der Waals surface area (Å²) in [5.74, 6) is -1.30. The van der Waals surface area contributed by atoms with Crippen LogP contribution in [0, 0.1) is 0 Å². The standard InChI is InChI=1S/C10H17N5O3/c1-13(2)4-5-14(3)10(18)8-6-15(12-11-8)7-9(16)17/h6H,4-5,7H2,1-3H3,(H,16,17). The van der Waals surface area contributed by atoms with E-state index in [0.29, 0.717) is 6.54 Å². The minimum Gasteiger partial charge on any atom is -0.480 e. The molecule has 0 aliphatic carbocycles. The van der Waals surface area contributed by atoms with Crippen LogP contribution in [-0.4, -0.2) is 76.0 Å². The molecule has 0 spiro atoms. The molecule has 0 saturated carbocycles. The predicted molar refractivity (Wildman–Crippen MR) is 63.2 cm³/mol. The Kier molecular flexibility index (Phi) is 4.78. The van der Waals surface area contributed by atoms with E-state index in [0.717, 1.165) is 11.2 Å². The highest BCUT2D eigenvalue weighted by Gasteiger charge is 2.16. The van der Waals surface area contributed by atoms with Crippen molar-refractivity contribution in [2.45, 2.75) is 6.54 Å². The molecule has 1 aromatic rings. The molecule has 0 radical (unpaired) electrons. The third-order valence-electron chi connectivity index (χ3n) is 2.28. The Morgan fingerprint density at radius 3 is 2.56 bits per heavy atom. The summed E-state index contributed by atoms with van der Waals surface area (Å²) in [6.07, 6.45) is 1.34. The van der Waals surface area contributed by atoms with Gasteiger partial charge in [0, 0.05) is 20.1 Å². The molecule has 1 heterocycles. The number of carboxylic acid groups (broad SMARTS) is 1. The van der Waals surface area contributed by atoms with Crippen molar-refractivity contribution in [3.05, 3.63) is 11.9 Å². The van der Waals surface area contributed by atoms with E-state index in [-0.39, 0.29) is 18.1 Å². The summed E-state index contributed by atoms with van der Waals surface area (Å²) in [4.78, 5) is 25.9. The minimum absolute atomic E-state index is 0.150. The van der Waals surface area contributed by atoms with Crippen LogP contribution in [0.15, 0.2) is 6.20 Å². The predicted octanol–water partition coefficient (Wildman–Crippen LogP) is -1.00. The maximum Gasteiger partial charge on any atom is 0.325 e. The summed E-state index contributed by atoms with van der Waals surface area (Å²) in [6.45, 7) is 1.00. The number of hydrogen-bond donors (Lipinski definition) is 1. The normalized spacial score (nSPS) is 10.7. The maximum atomic E-state index is 11.9. The SMILES string of the molecule is CN(C)CCN(C)C(=O)c1cn(CC(=O)O)nn1. The van der Waals surface area contributed by atoms with Gasteiger partial charge in [-0.05, 0) is 14.1 Å². The number of carbonyl (C=O) groups excluding carboxylic acids is 1. The average Bonchev–Trinajstić information content (AvgIpc) is 2.72. The van der Waals surface area contributed by atoms with Gasteiger partial charge < -0.3 is 14.9 Å². The van der Waals surface area contributed by atoms with Crippen molar-refractivity contribution >= 4 is 11.9 Å². The molecule has 1 rings (SSSR count). The molecule has 18 heavy (non-hydrogen) atoms. The fourth-order valence-corrected chi connectivity index (χ4v) is 1.26. The van der Waals surface area contributed by atoms with Gasteiger partial charge in [0.1, 0.15) is 6.54 Å². The van der Waals surface area contributed by atoms with Gasteiger partial charge in [0.05, 0.1) is 6.20 Å². The van der Waals surface area contributed by atoms with Crippen molar-refractivity contribution < 1.29 is 14.7 Å². The highest BCUT2D eigenvalue weighted by molar-refractivity contribution is 5.91. The van der Waals surface area contributed by atoms with Crippen LogP contribution in [0.1, 0.15) is 10.5 Å². The van der Waals surface area contributed by atoms with Crippen LogP contribution in [0.2, 0.25) is 0 Å². The van der Waals surface area contributed by atoms with Crippen molar-refractivity contribution in [3.63, 3.8) is 0 Å². The van der Waals surface area contributed by atoms with Crippen molar-refractivity contribution in [2.24, 2.45) is 0 Å². The summed E-state index contributed by atoms with van der Waals surface area (Å²) >= 11 is 0. The average molecular weight is 255 g/mol. The Hall–Kier alpha value is -1.96. The number of hydrogen-bond acceptors (Lipinski definition) is 5. The quantitative estimate of drug-likeness (QED) is 0.700. The molecule has 0 atom stereocenters. The van der Waals surface area contributed by atoms with Crippen molar-refractivity contribution in [1.82, 2.24) is 24.8 Å². The molecule has 0 aliphatic rings. The van der Waals surface area contributed by atoms with Crippen LogP contribution in [0.25, 0.3) is 0 Å². The van der Waals surface area contributed by atoms with E-state index in [4.69, 9.17) is 5.11 Å². The molecule has 8 heteroatoms. The largest absolute Gasteiger partial charge is 0.480 e. The Morgan fingerprint density at radius 1 is 1.33 bits per heavy atom. The monoisotopic (exact) mass is 255 g/mol. The molecule has 0 fully saturated rings. The second kappa shape index (κ2) is 6.10. The third-order valence-corrected chi connectivity index (χ3v) is 2.28. The lowest BCUT2D eigenvalue weighted by Gasteiger charge is -2.18. The van der Waals surface area contributed by atoms with Crippen molar-refractivity contribution in [3.8, 4) is 0 Å². The van der Waals surface area contributed by atoms with Gasteiger partial charge in [-0.1, -0.05) is 5.21 Å². The zero-order valence-corrected chi connectivity index (χ0v) is 10.7. The van der Waals surface area contributed by atoms with Gasteiger partial charge in [0.25, 0.3) is 5.91 Å². The summed E-state index contributed by atoms with van der Waals surface area (Å²) in [6, 6.07) is 0. The first kappa shape index (κ1) is 14.1. The van der Waals surface area contributed by atoms with E-state index < -0.39 is 5.97 Å². The molecule has 0 saturated heterocycles. The second-order valence-corrected chi connectivity index (χ2v) is 4.23. The lowest BCUT2D eigenvalue weighted by Crippen LogP contribution is -2.33. The first-order valence-corrected chi connectivity index (χ1v) is 5.42. The van der Waals surface area contributed by atoms with E-state index >= 15 is 0 Å². The number of aromatic nitrogens is 3. The van der Waals surface area contributed by atoms with Crippen LogP contribution < -0.4 is 0 Å². The van der Waals surface area contributed by atoms with Crippen LogP contribution in [0.3, 0.4) is 0 Å². The van der Waals surface area contributed by atoms with Crippen LogP contribution in [-0.2, 0) is 11.3 Å². The number of carbonyl (C=O) groups is 2. The lowest BCUT2D eigenvalue weighted by atomic mass is 10.4. The zero-order valence-electron chi connectivity index (χ0n) is 10.7. The summed E-state index contributed by atoms with van der Waals surface area (Å²) in [5, 5.41) is 15.8. The fourth-order valence-electron chi connectivity index (χ4n) is 1.26. The van der Waals surface area contributed by atoms with E-state index in [1.807, 2.05) is 19.0 Å². The molecule has 1 aromatic heterocycles. The Balaban J connectivity index is 2.60. The highest BCUT2D eigenvalue weighted by atomic mass is 16.4. The molecular weight excluding hydrogens is 238 g/mol. The number of carboxylic acids is 1. The number of aliphatic carboxylic acids is 1. The molecule has 0 aliphatic heterocycles. The Labute approximate surface area is 105 Å². The van der Waals surface area contributed by atoms with Crippen molar-refractivity contribution in [1.29, 1.82) is 0 Å². The number of likely N-dealkylation sites (N-methyl/N-ethyl adjacent to an activating group) is 2. The van der Waals surface area contributed by atoms with E-state index in [9.17, 15) is 9.59 Å². The van der Waals surface area contributed by atoms with Gasteiger partial charge in [-0.3, -0.25) is 9.59 Å². The molecular formula is C10H17N5O3. The highest BCUT2D eigenvalue weighted by Crippen LogP contribution is 1.99. The van der Waals surface area contributed by atoms with Crippen LogP contribution in [0.4, 0.5) is 0 Å². The molecule has 0 bridgehead atoms. The fraction of sp³-hybridized carbons (Fsp3) is 0.600. The van der Waals surface area contributed by atoms with Gasteiger partial charge in [-0.25, -0.2) is 4.68 Å². The van der Waals surface area contributed by atoms with E-state index in [2.05, 4.69) is 10.3 Å². The first-order valence-electron chi connectivity index (χ1n) is 5.42. The topological polar surface area (TPSA) is 91.6 Å². The summed E-state index contributed by atoms with van der Waals surface area (Å²) < 4.78 is 1.12. The summed E-state index contributed by atoms with van der Waals surface area (Å²) in [5.41, 5.74) is 0.150. The molecule has 0 aromatic carbocycles. The summed E-state index contributed by atoms with van der Waals surface area (Å²) in [7, 11) is 5.50. The Morgan fingerprint density at radius 2 is 2.00 bits per heavy atom. The van der Waals surface area contributed by atoms with Gasteiger partial charge in [0.15, 0.2) is 5.69 Å². The molecule has 1 amide bonds. The smallest absolute Gasteiger partial charge is 0.325 e. The van der Waals surface area contributed by atoms with Gasteiger partial charge in [0.2, 0.25) is 0 Å². The van der Waals surface area contributed by atoms with Gasteiger partial charge >= 0.3 is 5.97 Å². The third kappa shape index (κ3) is 4.13. The number of nitrogens with zero attached hydrogens (tertiary/aromatic N) is 5. The molecule has 8 nitrogen and oxygen atoms in total. The molecule has 0 unspecified atom stereocenters. The van der Waals surface area contributed by atoms with Crippen molar-refractivity contribution in [2.75, 3.05) is 34.2 Å². The molecule has 1 N–H and O–H groups in total. The molecule has 100 valence electrons. The number of amides is 1. The van der Waals surface area contributed by atoms with Crippen LogP contribution in [0.5, 0.6) is 0 Å². The second-order valence-electron chi connectivity index (χ2n) is 4.23. The lowest BCUT2D eigenvalue weighted by molar-refractivity contribution is -0.137. The number of rotatable bonds is 6. The van der Waals surface area contributed by atoms with E-state index in [1.54, 1.807) is 7.05 Å². The van der Waals surface area contributed by atoms with Crippen LogP contribution >= 0.6 is 0 Å². The maximum absolute atomic E-state index is 11.9.